The van der Waals surface area contributed by atoms with Crippen molar-refractivity contribution in [2.75, 3.05) is 0 Å². The van der Waals surface area contributed by atoms with Crippen LogP contribution < -0.4 is 0 Å². The fourth-order valence-electron chi connectivity index (χ4n) is 1.45. The summed E-state index contributed by atoms with van der Waals surface area (Å²) in [5.74, 6) is 0. The monoisotopic (exact) mass is 245 g/mol. The van der Waals surface area contributed by atoms with Gasteiger partial charge in [-0.2, -0.15) is 4.74 Å². The summed E-state index contributed by atoms with van der Waals surface area (Å²) in [6, 6.07) is 14.6. The molecule has 0 aromatic heterocycles. The first-order valence-corrected chi connectivity index (χ1v) is 5.66. The minimum absolute atomic E-state index is 0.565. The Morgan fingerprint density at radius 3 is 2.18 bits per heavy atom. The number of rotatable bonds is 2. The average molecular weight is 246 g/mol. The highest BCUT2D eigenvalue weighted by Gasteiger charge is 2.01. The van der Waals surface area contributed by atoms with E-state index in [9.17, 15) is 5.21 Å². The normalized spacial score (nSPS) is 11.5. The molecule has 2 nitrogen and oxygen atoms in total. The molecule has 0 saturated carbocycles. The highest BCUT2D eigenvalue weighted by Crippen LogP contribution is 2.15. The first kappa shape index (κ1) is 11.7. The zero-order chi connectivity index (χ0) is 12.3. The molecule has 0 spiro atoms. The summed E-state index contributed by atoms with van der Waals surface area (Å²) in [4.78, 5) is 0. The Labute approximate surface area is 105 Å². The lowest BCUT2D eigenvalue weighted by molar-refractivity contribution is -0.354. The van der Waals surface area contributed by atoms with Crippen molar-refractivity contribution in [3.63, 3.8) is 0 Å². The summed E-state index contributed by atoms with van der Waals surface area (Å²) in [6.07, 6.45) is 1.54. The van der Waals surface area contributed by atoms with Crippen LogP contribution in [0.15, 0.2) is 48.5 Å². The Morgan fingerprint density at radius 2 is 1.59 bits per heavy atom. The summed E-state index contributed by atoms with van der Waals surface area (Å²) in [6.45, 7) is 2.01. The van der Waals surface area contributed by atoms with Crippen LogP contribution in [-0.2, 0) is 0 Å². The molecular formula is C14H12ClNO. The molecule has 2 aromatic rings. The lowest BCUT2D eigenvalue weighted by Gasteiger charge is -2.03. The third-order valence-corrected chi connectivity index (χ3v) is 2.68. The molecule has 0 fully saturated rings. The molecule has 0 unspecified atom stereocenters. The Bertz CT molecular complexity index is 529. The summed E-state index contributed by atoms with van der Waals surface area (Å²) in [5, 5.41) is 12.5. The smallest absolute Gasteiger partial charge is 0.216 e. The predicted octanol–water partition coefficient (Wildman–Crippen LogP) is 3.91. The maximum atomic E-state index is 11.8. The van der Waals surface area contributed by atoms with Gasteiger partial charge in [-0.25, -0.2) is 0 Å². The van der Waals surface area contributed by atoms with E-state index < -0.39 is 0 Å². The van der Waals surface area contributed by atoms with Gasteiger partial charge in [0.1, 0.15) is 0 Å². The molecule has 0 aliphatic heterocycles. The van der Waals surface area contributed by atoms with E-state index in [4.69, 9.17) is 11.6 Å². The van der Waals surface area contributed by atoms with Crippen LogP contribution in [0.4, 0.5) is 5.69 Å². The van der Waals surface area contributed by atoms with Crippen LogP contribution in [-0.4, -0.2) is 11.0 Å². The molecular weight excluding hydrogens is 234 g/mol. The quantitative estimate of drug-likeness (QED) is 0.341. The third-order valence-electron chi connectivity index (χ3n) is 2.42. The van der Waals surface area contributed by atoms with Gasteiger partial charge in [0.15, 0.2) is 6.21 Å². The highest BCUT2D eigenvalue weighted by atomic mass is 35.5. The molecule has 0 aliphatic rings. The van der Waals surface area contributed by atoms with Crippen molar-refractivity contribution in [1.82, 2.24) is 0 Å². The molecule has 86 valence electrons. The molecule has 0 bridgehead atoms. The molecule has 0 aliphatic carbocycles. The number of hydrogen-bond donors (Lipinski definition) is 0. The number of benzene rings is 2. The molecule has 2 aromatic carbocycles. The van der Waals surface area contributed by atoms with E-state index in [1.165, 1.54) is 5.56 Å². The van der Waals surface area contributed by atoms with Gasteiger partial charge >= 0.3 is 0 Å². The SMILES string of the molecule is Cc1ccc(/C=[N+](/[O-])c2ccc(Cl)cc2)cc1. The van der Waals surface area contributed by atoms with E-state index in [1.54, 1.807) is 30.5 Å². The van der Waals surface area contributed by atoms with Gasteiger partial charge in [0.05, 0.1) is 0 Å². The molecule has 0 atom stereocenters. The van der Waals surface area contributed by atoms with E-state index in [1.807, 2.05) is 31.2 Å². The Hall–Kier alpha value is -1.80. The van der Waals surface area contributed by atoms with Crippen molar-refractivity contribution < 1.29 is 4.74 Å². The third kappa shape index (κ3) is 3.08. The van der Waals surface area contributed by atoms with Crippen molar-refractivity contribution in [3.8, 4) is 0 Å². The Morgan fingerprint density at radius 1 is 1.00 bits per heavy atom. The zero-order valence-corrected chi connectivity index (χ0v) is 10.2. The molecule has 0 heterocycles. The Kier molecular flexibility index (Phi) is 3.45. The maximum Gasteiger partial charge on any atom is 0.216 e. The highest BCUT2D eigenvalue weighted by molar-refractivity contribution is 6.30. The van der Waals surface area contributed by atoms with Crippen molar-refractivity contribution in [2.24, 2.45) is 0 Å². The second kappa shape index (κ2) is 5.02. The first-order chi connectivity index (χ1) is 8.15. The summed E-state index contributed by atoms with van der Waals surface area (Å²) < 4.78 is 0.834. The molecule has 0 saturated heterocycles. The number of aryl methyl sites for hydroxylation is 1. The van der Waals surface area contributed by atoms with Gasteiger partial charge in [0.2, 0.25) is 5.69 Å². The van der Waals surface area contributed by atoms with Gasteiger partial charge in [0.25, 0.3) is 0 Å². The van der Waals surface area contributed by atoms with Crippen molar-refractivity contribution in [2.45, 2.75) is 6.92 Å². The second-order valence-corrected chi connectivity index (χ2v) is 4.28. The fraction of sp³-hybridized carbons (Fsp3) is 0.0714. The average Bonchev–Trinajstić information content (AvgIpc) is 2.33. The van der Waals surface area contributed by atoms with Crippen LogP contribution in [0.3, 0.4) is 0 Å². The van der Waals surface area contributed by atoms with Crippen LogP contribution in [0.5, 0.6) is 0 Å². The van der Waals surface area contributed by atoms with Gasteiger partial charge in [-0.3, -0.25) is 0 Å². The minimum atomic E-state index is 0.565. The summed E-state index contributed by atoms with van der Waals surface area (Å²) in [5.41, 5.74) is 2.61. The van der Waals surface area contributed by atoms with Crippen molar-refractivity contribution >= 4 is 23.5 Å². The van der Waals surface area contributed by atoms with Crippen LogP contribution >= 0.6 is 11.6 Å². The van der Waals surface area contributed by atoms with Crippen LogP contribution in [0.1, 0.15) is 11.1 Å². The topological polar surface area (TPSA) is 26.1 Å². The largest absolute Gasteiger partial charge is 0.618 e. The zero-order valence-electron chi connectivity index (χ0n) is 9.43. The minimum Gasteiger partial charge on any atom is -0.618 e. The van der Waals surface area contributed by atoms with Gasteiger partial charge in [-0.15, -0.1) is 0 Å². The van der Waals surface area contributed by atoms with Crippen LogP contribution in [0.25, 0.3) is 0 Å². The molecule has 0 N–H and O–H groups in total. The van der Waals surface area contributed by atoms with E-state index in [2.05, 4.69) is 0 Å². The van der Waals surface area contributed by atoms with E-state index >= 15 is 0 Å². The molecule has 17 heavy (non-hydrogen) atoms. The maximum absolute atomic E-state index is 11.8. The predicted molar refractivity (Wildman–Crippen MR) is 71.1 cm³/mol. The molecule has 3 heteroatoms. The number of nitrogens with zero attached hydrogens (tertiary/aromatic N) is 1. The van der Waals surface area contributed by atoms with Crippen molar-refractivity contribution in [1.29, 1.82) is 0 Å². The second-order valence-electron chi connectivity index (χ2n) is 3.84. The van der Waals surface area contributed by atoms with E-state index in [0.717, 1.165) is 10.3 Å². The number of halogens is 1. The summed E-state index contributed by atoms with van der Waals surface area (Å²) in [7, 11) is 0. The Balaban J connectivity index is 2.27. The fourth-order valence-corrected chi connectivity index (χ4v) is 1.58. The van der Waals surface area contributed by atoms with Crippen LogP contribution in [0, 0.1) is 12.1 Å². The standard InChI is InChI=1S/C14H12ClNO/c1-11-2-4-12(5-3-11)10-16(17)14-8-6-13(15)7-9-14/h2-10H,1H3/b16-10+. The van der Waals surface area contributed by atoms with E-state index in [-0.39, 0.29) is 0 Å². The van der Waals surface area contributed by atoms with Gasteiger partial charge in [0, 0.05) is 22.7 Å². The lowest BCUT2D eigenvalue weighted by atomic mass is 10.2. The van der Waals surface area contributed by atoms with Crippen LogP contribution in [0.2, 0.25) is 5.02 Å². The first-order valence-electron chi connectivity index (χ1n) is 5.28. The van der Waals surface area contributed by atoms with Gasteiger partial charge in [-0.05, 0) is 31.2 Å². The summed E-state index contributed by atoms with van der Waals surface area (Å²) >= 11 is 5.76. The van der Waals surface area contributed by atoms with Crippen molar-refractivity contribution in [3.05, 3.63) is 69.9 Å². The number of hydrogen-bond acceptors (Lipinski definition) is 1. The van der Waals surface area contributed by atoms with Gasteiger partial charge in [-0.1, -0.05) is 29.3 Å². The van der Waals surface area contributed by atoms with Gasteiger partial charge < -0.3 is 5.21 Å². The molecule has 0 radical (unpaired) electrons. The molecule has 2 rings (SSSR count). The van der Waals surface area contributed by atoms with E-state index in [0.29, 0.717) is 10.7 Å². The lowest BCUT2D eigenvalue weighted by Crippen LogP contribution is -1.98. The molecule has 0 amide bonds.